The van der Waals surface area contributed by atoms with Crippen LogP contribution in [0.4, 0.5) is 9.59 Å². The summed E-state index contributed by atoms with van der Waals surface area (Å²) in [5, 5.41) is 9.14. The van der Waals surface area contributed by atoms with Gasteiger partial charge in [0.05, 0.1) is 0 Å². The van der Waals surface area contributed by atoms with Gasteiger partial charge in [-0.05, 0) is 113 Å². The molecule has 5 heteroatoms. The molecule has 0 spiro atoms. The molecule has 8 fully saturated rings. The third kappa shape index (κ3) is 2.87. The molecule has 8 aliphatic rings. The Morgan fingerprint density at radius 1 is 0.519 bits per heavy atom. The van der Waals surface area contributed by atoms with Crippen molar-refractivity contribution >= 4 is 12.1 Å². The first kappa shape index (κ1) is 16.7. The van der Waals surface area contributed by atoms with Crippen LogP contribution in [-0.2, 0) is 0 Å². The minimum atomic E-state index is -0.279. The van der Waals surface area contributed by atoms with Crippen LogP contribution in [0.2, 0.25) is 0 Å². The Kier molecular flexibility index (Phi) is 3.48. The second-order valence-electron chi connectivity index (χ2n) is 11.4. The number of nitrogens with one attached hydrogen (secondary N) is 3. The zero-order valence-corrected chi connectivity index (χ0v) is 16.3. The minimum Gasteiger partial charge on any atom is -0.332 e. The highest BCUT2D eigenvalue weighted by Crippen LogP contribution is 2.56. The van der Waals surface area contributed by atoms with Gasteiger partial charge < -0.3 is 10.6 Å². The van der Waals surface area contributed by atoms with E-state index in [1.807, 2.05) is 0 Å². The number of hydrogen-bond donors (Lipinski definition) is 3. The lowest BCUT2D eigenvalue weighted by atomic mass is 9.53. The molecular weight excluding hydrogens is 338 g/mol. The summed E-state index contributed by atoms with van der Waals surface area (Å²) in [6, 6.07) is -0.557. The zero-order valence-electron chi connectivity index (χ0n) is 16.3. The molecule has 4 amide bonds. The molecule has 8 aliphatic carbocycles. The van der Waals surface area contributed by atoms with Gasteiger partial charge in [0.15, 0.2) is 0 Å². The molecule has 0 aromatic rings. The average molecular weight is 372 g/mol. The van der Waals surface area contributed by atoms with Crippen LogP contribution in [0.3, 0.4) is 0 Å². The van der Waals surface area contributed by atoms with Crippen molar-refractivity contribution in [3.63, 3.8) is 0 Å². The number of carbonyl (C=O) groups is 2. The molecular formula is C22H33N3O2. The summed E-state index contributed by atoms with van der Waals surface area (Å²) in [4.78, 5) is 25.3. The third-order valence-corrected chi connectivity index (χ3v) is 9.06. The van der Waals surface area contributed by atoms with Crippen molar-refractivity contribution in [3.8, 4) is 0 Å². The second-order valence-corrected chi connectivity index (χ2v) is 11.4. The molecule has 148 valence electrons. The fourth-order valence-electron chi connectivity index (χ4n) is 9.17. The van der Waals surface area contributed by atoms with E-state index >= 15 is 0 Å². The molecule has 3 N–H and O–H groups in total. The van der Waals surface area contributed by atoms with Crippen LogP contribution in [0.15, 0.2) is 0 Å². The molecule has 5 nitrogen and oxygen atoms in total. The summed E-state index contributed by atoms with van der Waals surface area (Å²) in [6.07, 6.45) is 14.8. The number of hydrogen-bond acceptors (Lipinski definition) is 2. The fourth-order valence-corrected chi connectivity index (χ4v) is 9.17. The van der Waals surface area contributed by atoms with E-state index < -0.39 is 0 Å². The Hall–Kier alpha value is -1.26. The Bertz CT molecular complexity index is 546. The quantitative estimate of drug-likeness (QED) is 0.688. The van der Waals surface area contributed by atoms with Gasteiger partial charge in [-0.15, -0.1) is 0 Å². The molecule has 27 heavy (non-hydrogen) atoms. The summed E-state index contributed by atoms with van der Waals surface area (Å²) in [5.74, 6) is 4.74. The van der Waals surface area contributed by atoms with Gasteiger partial charge in [0, 0.05) is 11.1 Å². The Balaban J connectivity index is 1.08. The van der Waals surface area contributed by atoms with Crippen molar-refractivity contribution in [1.29, 1.82) is 0 Å². The molecule has 0 aromatic heterocycles. The smallest absolute Gasteiger partial charge is 0.323 e. The molecule has 8 rings (SSSR count). The van der Waals surface area contributed by atoms with E-state index in [0.717, 1.165) is 74.0 Å². The maximum Gasteiger partial charge on any atom is 0.323 e. The predicted molar refractivity (Wildman–Crippen MR) is 102 cm³/mol. The molecule has 0 atom stereocenters. The van der Waals surface area contributed by atoms with Gasteiger partial charge in [-0.1, -0.05) is 0 Å². The number of rotatable bonds is 2. The highest BCUT2D eigenvalue weighted by atomic mass is 16.2. The van der Waals surface area contributed by atoms with Gasteiger partial charge >= 0.3 is 12.1 Å². The topological polar surface area (TPSA) is 70.2 Å². The van der Waals surface area contributed by atoms with Crippen molar-refractivity contribution in [3.05, 3.63) is 0 Å². The Morgan fingerprint density at radius 3 is 1.04 bits per heavy atom. The molecule has 0 aliphatic heterocycles. The fraction of sp³-hybridized carbons (Fsp3) is 0.909. The number of amides is 4. The van der Waals surface area contributed by atoms with Gasteiger partial charge in [-0.25, -0.2) is 9.59 Å². The molecule has 8 bridgehead atoms. The summed E-state index contributed by atoms with van der Waals surface area (Å²) in [6.45, 7) is 0. The summed E-state index contributed by atoms with van der Waals surface area (Å²) < 4.78 is 0. The molecule has 0 heterocycles. The molecule has 8 saturated carbocycles. The molecule has 0 aromatic carbocycles. The van der Waals surface area contributed by atoms with E-state index in [1.54, 1.807) is 0 Å². The van der Waals surface area contributed by atoms with Crippen LogP contribution in [0.1, 0.15) is 77.0 Å². The summed E-state index contributed by atoms with van der Waals surface area (Å²) in [7, 11) is 0. The van der Waals surface area contributed by atoms with Gasteiger partial charge in [-0.2, -0.15) is 0 Å². The van der Waals surface area contributed by atoms with E-state index in [4.69, 9.17) is 0 Å². The molecule has 0 radical (unpaired) electrons. The van der Waals surface area contributed by atoms with Crippen molar-refractivity contribution in [2.75, 3.05) is 0 Å². The minimum absolute atomic E-state index is 0.0419. The highest BCUT2D eigenvalue weighted by molar-refractivity contribution is 5.94. The van der Waals surface area contributed by atoms with Crippen LogP contribution >= 0.6 is 0 Å². The maximum absolute atomic E-state index is 12.6. The van der Waals surface area contributed by atoms with Crippen LogP contribution in [0.25, 0.3) is 0 Å². The van der Waals surface area contributed by atoms with Crippen LogP contribution in [0, 0.1) is 35.5 Å². The van der Waals surface area contributed by atoms with Crippen molar-refractivity contribution < 1.29 is 9.59 Å². The molecule has 0 saturated heterocycles. The SMILES string of the molecule is O=C(NC(=O)NC12CC3CC(CC(C3)C1)C2)NC12CC3CC(CC(C3)C1)C2. The predicted octanol–water partition coefficient (Wildman–Crippen LogP) is 3.93. The number of urea groups is 2. The van der Waals surface area contributed by atoms with Crippen molar-refractivity contribution in [2.24, 2.45) is 35.5 Å². The van der Waals surface area contributed by atoms with Crippen molar-refractivity contribution in [1.82, 2.24) is 16.0 Å². The lowest BCUT2D eigenvalue weighted by Crippen LogP contribution is -2.65. The summed E-state index contributed by atoms with van der Waals surface area (Å²) >= 11 is 0. The third-order valence-electron chi connectivity index (χ3n) is 9.06. The van der Waals surface area contributed by atoms with E-state index in [-0.39, 0.29) is 23.1 Å². The number of carbonyl (C=O) groups excluding carboxylic acids is 2. The monoisotopic (exact) mass is 371 g/mol. The van der Waals surface area contributed by atoms with Gasteiger partial charge in [0.2, 0.25) is 0 Å². The van der Waals surface area contributed by atoms with E-state index in [1.165, 1.54) is 38.5 Å². The largest absolute Gasteiger partial charge is 0.332 e. The van der Waals surface area contributed by atoms with Crippen LogP contribution in [-0.4, -0.2) is 23.1 Å². The van der Waals surface area contributed by atoms with Crippen molar-refractivity contribution in [2.45, 2.75) is 88.1 Å². The standard InChI is InChI=1S/C22H33N3O2/c26-19(24-21-7-13-1-14(8-21)3-15(2-13)9-21)23-20(27)25-22-10-16-4-17(11-22)6-18(5-16)12-22/h13-18H,1-12H2,(H3,23,24,25,26,27). The first-order valence-corrected chi connectivity index (χ1v) is 11.4. The molecule has 0 unspecified atom stereocenters. The highest BCUT2D eigenvalue weighted by Gasteiger charge is 2.53. The van der Waals surface area contributed by atoms with Crippen LogP contribution < -0.4 is 16.0 Å². The van der Waals surface area contributed by atoms with Gasteiger partial charge in [0.25, 0.3) is 0 Å². The Labute approximate surface area is 161 Å². The van der Waals surface area contributed by atoms with E-state index in [2.05, 4.69) is 16.0 Å². The first-order valence-electron chi connectivity index (χ1n) is 11.4. The zero-order chi connectivity index (χ0) is 18.2. The maximum atomic E-state index is 12.6. The first-order chi connectivity index (χ1) is 13.0. The average Bonchev–Trinajstić information content (AvgIpc) is 2.50. The number of imide groups is 1. The van der Waals surface area contributed by atoms with E-state index in [9.17, 15) is 9.59 Å². The Morgan fingerprint density at radius 2 is 0.778 bits per heavy atom. The lowest BCUT2D eigenvalue weighted by molar-refractivity contribution is -0.0148. The van der Waals surface area contributed by atoms with Gasteiger partial charge in [0.1, 0.15) is 0 Å². The van der Waals surface area contributed by atoms with Crippen LogP contribution in [0.5, 0.6) is 0 Å². The normalized spacial score (nSPS) is 51.3. The van der Waals surface area contributed by atoms with Gasteiger partial charge in [-0.3, -0.25) is 5.32 Å². The second kappa shape index (κ2) is 5.64. The van der Waals surface area contributed by atoms with E-state index in [0.29, 0.717) is 0 Å². The summed E-state index contributed by atoms with van der Waals surface area (Å²) in [5.41, 5.74) is -0.0837. The lowest BCUT2D eigenvalue weighted by Gasteiger charge is -2.57.